The molecule has 2 aromatic carbocycles. The van der Waals surface area contributed by atoms with Crippen molar-refractivity contribution in [1.82, 2.24) is 10.2 Å². The lowest BCUT2D eigenvalue weighted by Crippen LogP contribution is -2.47. The van der Waals surface area contributed by atoms with Crippen molar-refractivity contribution < 1.29 is 14.0 Å². The molecule has 2 aromatic rings. The van der Waals surface area contributed by atoms with Crippen LogP contribution in [0.25, 0.3) is 0 Å². The monoisotopic (exact) mass is 396 g/mol. The molecule has 0 aliphatic heterocycles. The first-order valence-corrected chi connectivity index (χ1v) is 8.77. The lowest BCUT2D eigenvalue weighted by molar-refractivity contribution is -0.139. The number of amides is 2. The summed E-state index contributed by atoms with van der Waals surface area (Å²) >= 11 is 12.3. The van der Waals surface area contributed by atoms with Crippen LogP contribution >= 0.6 is 23.2 Å². The van der Waals surface area contributed by atoms with E-state index < -0.39 is 6.04 Å². The number of carbonyl (C=O) groups is 2. The number of likely N-dealkylation sites (N-methyl/N-ethyl adjacent to an activating group) is 1. The third kappa shape index (κ3) is 4.96. The second kappa shape index (κ2) is 9.01. The molecule has 0 aliphatic rings. The molecule has 4 nitrogen and oxygen atoms in total. The molecule has 0 spiro atoms. The second-order valence-corrected chi connectivity index (χ2v) is 6.63. The summed E-state index contributed by atoms with van der Waals surface area (Å²) in [5.41, 5.74) is 1.22. The van der Waals surface area contributed by atoms with E-state index >= 15 is 0 Å². The summed E-state index contributed by atoms with van der Waals surface area (Å²) in [7, 11) is 1.50. The topological polar surface area (TPSA) is 49.4 Å². The number of hydrogen-bond donors (Lipinski definition) is 1. The van der Waals surface area contributed by atoms with Gasteiger partial charge in [0.05, 0.1) is 6.42 Å². The van der Waals surface area contributed by atoms with Crippen LogP contribution in [-0.2, 0) is 22.6 Å². The summed E-state index contributed by atoms with van der Waals surface area (Å²) in [6.07, 6.45) is -0.0406. The van der Waals surface area contributed by atoms with Gasteiger partial charge in [-0.1, -0.05) is 41.4 Å². The molecule has 0 saturated heterocycles. The smallest absolute Gasteiger partial charge is 0.242 e. The molecule has 0 aromatic heterocycles. The van der Waals surface area contributed by atoms with Gasteiger partial charge in [-0.2, -0.15) is 0 Å². The molecule has 2 rings (SSSR count). The quantitative estimate of drug-likeness (QED) is 0.806. The predicted octanol–water partition coefficient (Wildman–Crippen LogP) is 3.84. The van der Waals surface area contributed by atoms with Crippen LogP contribution < -0.4 is 5.32 Å². The van der Waals surface area contributed by atoms with Crippen molar-refractivity contribution in [2.75, 3.05) is 7.05 Å². The molecule has 0 unspecified atom stereocenters. The van der Waals surface area contributed by atoms with Gasteiger partial charge < -0.3 is 10.2 Å². The molecule has 0 saturated carbocycles. The minimum absolute atomic E-state index is 0.0406. The van der Waals surface area contributed by atoms with Crippen LogP contribution in [0.2, 0.25) is 10.0 Å². The van der Waals surface area contributed by atoms with Crippen LogP contribution in [0, 0.1) is 5.82 Å². The number of carbonyl (C=O) groups excluding carboxylic acids is 2. The maximum atomic E-state index is 13.1. The van der Waals surface area contributed by atoms with Crippen LogP contribution in [0.3, 0.4) is 0 Å². The van der Waals surface area contributed by atoms with Crippen molar-refractivity contribution in [3.05, 3.63) is 69.5 Å². The third-order valence-electron chi connectivity index (χ3n) is 4.07. The highest BCUT2D eigenvalue weighted by molar-refractivity contribution is 6.36. The van der Waals surface area contributed by atoms with E-state index in [-0.39, 0.29) is 30.6 Å². The fourth-order valence-corrected chi connectivity index (χ4v) is 3.06. The van der Waals surface area contributed by atoms with Gasteiger partial charge in [0.25, 0.3) is 0 Å². The van der Waals surface area contributed by atoms with E-state index in [9.17, 15) is 14.0 Å². The summed E-state index contributed by atoms with van der Waals surface area (Å²) in [6, 6.07) is 10.1. The standard InChI is InChI=1S/C19H19Cl2FN2O2/c1-12(19(26)23-2)24(11-13-6-8-14(22)9-7-13)18(25)10-15-16(20)4-3-5-17(15)21/h3-9,12H,10-11H2,1-2H3,(H,23,26)/t12-/m0/s1. The predicted molar refractivity (Wildman–Crippen MR) is 101 cm³/mol. The van der Waals surface area contributed by atoms with Crippen molar-refractivity contribution in [3.63, 3.8) is 0 Å². The number of nitrogens with zero attached hydrogens (tertiary/aromatic N) is 1. The van der Waals surface area contributed by atoms with Crippen LogP contribution in [-0.4, -0.2) is 29.8 Å². The normalized spacial score (nSPS) is 11.7. The fourth-order valence-electron chi connectivity index (χ4n) is 2.53. The number of benzene rings is 2. The Balaban J connectivity index is 2.28. The minimum atomic E-state index is -0.709. The molecule has 0 fully saturated rings. The van der Waals surface area contributed by atoms with Crippen molar-refractivity contribution in [2.24, 2.45) is 0 Å². The minimum Gasteiger partial charge on any atom is -0.357 e. The maximum absolute atomic E-state index is 13.1. The zero-order valence-corrected chi connectivity index (χ0v) is 15.9. The molecule has 0 radical (unpaired) electrons. The van der Waals surface area contributed by atoms with Crippen LogP contribution in [0.5, 0.6) is 0 Å². The molecule has 2 amide bonds. The van der Waals surface area contributed by atoms with Gasteiger partial charge in [-0.25, -0.2) is 4.39 Å². The van der Waals surface area contributed by atoms with E-state index in [0.717, 1.165) is 0 Å². The maximum Gasteiger partial charge on any atom is 0.242 e. The van der Waals surface area contributed by atoms with Gasteiger partial charge in [0.2, 0.25) is 11.8 Å². The Morgan fingerprint density at radius 1 is 1.12 bits per heavy atom. The van der Waals surface area contributed by atoms with Crippen molar-refractivity contribution in [3.8, 4) is 0 Å². The highest BCUT2D eigenvalue weighted by atomic mass is 35.5. The van der Waals surface area contributed by atoms with Gasteiger partial charge in [-0.05, 0) is 42.3 Å². The number of nitrogens with one attached hydrogen (secondary N) is 1. The largest absolute Gasteiger partial charge is 0.357 e. The zero-order chi connectivity index (χ0) is 19.3. The molecule has 26 heavy (non-hydrogen) atoms. The van der Waals surface area contributed by atoms with E-state index in [0.29, 0.717) is 21.2 Å². The van der Waals surface area contributed by atoms with Gasteiger partial charge in [-0.15, -0.1) is 0 Å². The summed E-state index contributed by atoms with van der Waals surface area (Å²) in [6.45, 7) is 1.80. The molecule has 1 N–H and O–H groups in total. The van der Waals surface area contributed by atoms with Crippen LogP contribution in [0.1, 0.15) is 18.1 Å². The Bertz CT molecular complexity index is 776. The Kier molecular flexibility index (Phi) is 7.00. The van der Waals surface area contributed by atoms with E-state index in [2.05, 4.69) is 5.32 Å². The molecule has 1 atom stereocenters. The molecule has 7 heteroatoms. The molecular weight excluding hydrogens is 378 g/mol. The third-order valence-corrected chi connectivity index (χ3v) is 4.78. The lowest BCUT2D eigenvalue weighted by atomic mass is 10.1. The summed E-state index contributed by atoms with van der Waals surface area (Å²) < 4.78 is 13.1. The summed E-state index contributed by atoms with van der Waals surface area (Å²) in [5.74, 6) is -0.972. The Morgan fingerprint density at radius 3 is 2.23 bits per heavy atom. The van der Waals surface area contributed by atoms with E-state index in [4.69, 9.17) is 23.2 Å². The average molecular weight is 397 g/mol. The van der Waals surface area contributed by atoms with Gasteiger partial charge in [0.1, 0.15) is 11.9 Å². The van der Waals surface area contributed by atoms with Gasteiger partial charge in [-0.3, -0.25) is 9.59 Å². The summed E-state index contributed by atoms with van der Waals surface area (Å²) in [4.78, 5) is 26.4. The van der Waals surface area contributed by atoms with Gasteiger partial charge >= 0.3 is 0 Å². The fraction of sp³-hybridized carbons (Fsp3) is 0.263. The van der Waals surface area contributed by atoms with Crippen LogP contribution in [0.15, 0.2) is 42.5 Å². The zero-order valence-electron chi connectivity index (χ0n) is 14.4. The van der Waals surface area contributed by atoms with Gasteiger partial charge in [0.15, 0.2) is 0 Å². The number of rotatable bonds is 6. The SMILES string of the molecule is CNC(=O)[C@H](C)N(Cc1ccc(F)cc1)C(=O)Cc1c(Cl)cccc1Cl. The van der Waals surface area contributed by atoms with E-state index in [1.165, 1.54) is 24.1 Å². The van der Waals surface area contributed by atoms with Crippen LogP contribution in [0.4, 0.5) is 4.39 Å². The average Bonchev–Trinajstić information content (AvgIpc) is 2.63. The first kappa shape index (κ1) is 20.2. The molecule has 138 valence electrons. The Morgan fingerprint density at radius 2 is 1.69 bits per heavy atom. The first-order chi connectivity index (χ1) is 12.3. The molecule has 0 heterocycles. The lowest BCUT2D eigenvalue weighted by Gasteiger charge is -2.28. The highest BCUT2D eigenvalue weighted by Crippen LogP contribution is 2.25. The van der Waals surface area contributed by atoms with Crippen molar-refractivity contribution in [1.29, 1.82) is 0 Å². The Labute approximate surface area is 161 Å². The van der Waals surface area contributed by atoms with Gasteiger partial charge in [0, 0.05) is 23.6 Å². The molecule has 0 aliphatic carbocycles. The number of halogens is 3. The summed E-state index contributed by atoms with van der Waals surface area (Å²) in [5, 5.41) is 3.31. The van der Waals surface area contributed by atoms with Crippen molar-refractivity contribution >= 4 is 35.0 Å². The molecule has 0 bridgehead atoms. The van der Waals surface area contributed by atoms with E-state index in [1.54, 1.807) is 37.3 Å². The first-order valence-electron chi connectivity index (χ1n) is 8.02. The van der Waals surface area contributed by atoms with E-state index in [1.807, 2.05) is 0 Å². The molecular formula is C19H19Cl2FN2O2. The van der Waals surface area contributed by atoms with Crippen molar-refractivity contribution in [2.45, 2.75) is 25.9 Å². The second-order valence-electron chi connectivity index (χ2n) is 5.82. The Hall–Kier alpha value is -2.11. The number of hydrogen-bond acceptors (Lipinski definition) is 2. The highest BCUT2D eigenvalue weighted by Gasteiger charge is 2.26.